The molecule has 1 N–H and O–H groups in total. The van der Waals surface area contributed by atoms with Crippen molar-refractivity contribution in [2.24, 2.45) is 0 Å². The molecule has 0 aromatic heterocycles. The summed E-state index contributed by atoms with van der Waals surface area (Å²) in [5, 5.41) is 9.77. The second-order valence-electron chi connectivity index (χ2n) is 5.21. The number of benzene rings is 1. The highest BCUT2D eigenvalue weighted by molar-refractivity contribution is 6.31. The summed E-state index contributed by atoms with van der Waals surface area (Å²) in [5.74, 6) is 0. The van der Waals surface area contributed by atoms with Crippen molar-refractivity contribution in [3.05, 3.63) is 34.3 Å². The fourth-order valence-electron chi connectivity index (χ4n) is 1.52. The van der Waals surface area contributed by atoms with Crippen molar-refractivity contribution in [2.45, 2.75) is 38.8 Å². The lowest BCUT2D eigenvalue weighted by Crippen LogP contribution is -2.23. The number of alkyl halides is 1. The van der Waals surface area contributed by atoms with Gasteiger partial charge in [0.25, 0.3) is 0 Å². The van der Waals surface area contributed by atoms with Gasteiger partial charge in [0, 0.05) is 10.4 Å². The summed E-state index contributed by atoms with van der Waals surface area (Å²) < 4.78 is 13.7. The van der Waals surface area contributed by atoms with Crippen LogP contribution in [-0.4, -0.2) is 11.7 Å². The van der Waals surface area contributed by atoms with E-state index >= 15 is 0 Å². The number of hydrogen-bond acceptors (Lipinski definition) is 1. The Bertz CT molecular complexity index is 380. The van der Waals surface area contributed by atoms with Crippen LogP contribution in [0.15, 0.2) is 18.2 Å². The van der Waals surface area contributed by atoms with E-state index in [4.69, 9.17) is 11.6 Å². The normalized spacial score (nSPS) is 12.9. The van der Waals surface area contributed by atoms with Crippen LogP contribution in [0, 0.1) is 0 Å². The summed E-state index contributed by atoms with van der Waals surface area (Å²) in [4.78, 5) is 0. The standard InChI is InChI=1S/C13H18ClFO/c1-12(2,8-16)10-6-5-9(7-11(10)14)13(3,4)15/h5-7,16H,8H2,1-4H3. The van der Waals surface area contributed by atoms with Gasteiger partial charge in [-0.1, -0.05) is 37.6 Å². The monoisotopic (exact) mass is 244 g/mol. The minimum Gasteiger partial charge on any atom is -0.395 e. The molecule has 0 bridgehead atoms. The van der Waals surface area contributed by atoms with Crippen molar-refractivity contribution in [1.82, 2.24) is 0 Å². The fraction of sp³-hybridized carbons (Fsp3) is 0.538. The van der Waals surface area contributed by atoms with Crippen molar-refractivity contribution < 1.29 is 9.50 Å². The molecule has 0 amide bonds. The van der Waals surface area contributed by atoms with Gasteiger partial charge in [-0.25, -0.2) is 4.39 Å². The Labute approximate surface area is 101 Å². The van der Waals surface area contributed by atoms with Crippen molar-refractivity contribution in [3.63, 3.8) is 0 Å². The van der Waals surface area contributed by atoms with E-state index in [1.54, 1.807) is 18.2 Å². The Morgan fingerprint density at radius 1 is 1.25 bits per heavy atom. The summed E-state index contributed by atoms with van der Waals surface area (Å²) in [5.41, 5.74) is -0.415. The number of rotatable bonds is 3. The molecule has 16 heavy (non-hydrogen) atoms. The third-order valence-electron chi connectivity index (χ3n) is 2.78. The van der Waals surface area contributed by atoms with Crippen LogP contribution in [0.5, 0.6) is 0 Å². The molecule has 1 aromatic carbocycles. The molecule has 90 valence electrons. The smallest absolute Gasteiger partial charge is 0.130 e. The van der Waals surface area contributed by atoms with Gasteiger partial charge < -0.3 is 5.11 Å². The van der Waals surface area contributed by atoms with Crippen LogP contribution >= 0.6 is 11.6 Å². The predicted octanol–water partition coefficient (Wildman–Crippen LogP) is 3.81. The molecule has 3 heteroatoms. The number of hydrogen-bond donors (Lipinski definition) is 1. The molecule has 0 unspecified atom stereocenters. The van der Waals surface area contributed by atoms with Crippen molar-refractivity contribution in [2.75, 3.05) is 6.61 Å². The molecule has 0 heterocycles. The molecule has 0 atom stereocenters. The summed E-state index contributed by atoms with van der Waals surface area (Å²) in [7, 11) is 0. The lowest BCUT2D eigenvalue weighted by molar-refractivity contribution is 0.216. The molecule has 0 aliphatic rings. The number of aliphatic hydroxyl groups excluding tert-OH is 1. The molecule has 1 rings (SSSR count). The zero-order valence-electron chi connectivity index (χ0n) is 10.1. The van der Waals surface area contributed by atoms with Gasteiger partial charge in [0.1, 0.15) is 5.67 Å². The maximum Gasteiger partial charge on any atom is 0.130 e. The minimum atomic E-state index is -1.40. The highest BCUT2D eigenvalue weighted by Gasteiger charge is 2.25. The summed E-state index contributed by atoms with van der Waals surface area (Å²) >= 11 is 6.12. The highest BCUT2D eigenvalue weighted by Crippen LogP contribution is 2.34. The first-order chi connectivity index (χ1) is 7.18. The molecule has 0 saturated carbocycles. The van der Waals surface area contributed by atoms with Gasteiger partial charge in [-0.15, -0.1) is 0 Å². The van der Waals surface area contributed by atoms with Gasteiger partial charge >= 0.3 is 0 Å². The minimum absolute atomic E-state index is 0.00504. The molecule has 1 aromatic rings. The van der Waals surface area contributed by atoms with Crippen molar-refractivity contribution in [3.8, 4) is 0 Å². The molecular formula is C13H18ClFO. The average molecular weight is 245 g/mol. The van der Waals surface area contributed by atoms with Gasteiger partial charge in [0.2, 0.25) is 0 Å². The SMILES string of the molecule is CC(C)(F)c1ccc(C(C)(C)CO)c(Cl)c1. The Morgan fingerprint density at radius 2 is 1.81 bits per heavy atom. The van der Waals surface area contributed by atoms with Gasteiger partial charge in [0.15, 0.2) is 0 Å². The van der Waals surface area contributed by atoms with Gasteiger partial charge in [-0.05, 0) is 31.0 Å². The zero-order valence-corrected chi connectivity index (χ0v) is 10.9. The second-order valence-corrected chi connectivity index (χ2v) is 5.62. The molecule has 1 nitrogen and oxygen atoms in total. The first kappa shape index (κ1) is 13.5. The summed E-state index contributed by atoms with van der Waals surface area (Å²) in [6, 6.07) is 5.14. The number of halogens is 2. The largest absolute Gasteiger partial charge is 0.395 e. The Kier molecular flexibility index (Phi) is 3.65. The molecule has 0 saturated heterocycles. The third kappa shape index (κ3) is 2.74. The van der Waals surface area contributed by atoms with Crippen LogP contribution in [0.25, 0.3) is 0 Å². The summed E-state index contributed by atoms with van der Waals surface area (Å²) in [6.07, 6.45) is 0. The fourth-order valence-corrected chi connectivity index (χ4v) is 1.96. The predicted molar refractivity (Wildman–Crippen MR) is 65.7 cm³/mol. The Morgan fingerprint density at radius 3 is 2.19 bits per heavy atom. The first-order valence-corrected chi connectivity index (χ1v) is 5.66. The molecule has 0 radical (unpaired) electrons. The Hall–Kier alpha value is -0.600. The molecular weight excluding hydrogens is 227 g/mol. The zero-order chi connectivity index (χ0) is 12.6. The van der Waals surface area contributed by atoms with Crippen LogP contribution in [0.1, 0.15) is 38.8 Å². The topological polar surface area (TPSA) is 20.2 Å². The lowest BCUT2D eigenvalue weighted by Gasteiger charge is -2.25. The lowest BCUT2D eigenvalue weighted by atomic mass is 9.84. The van der Waals surface area contributed by atoms with Gasteiger partial charge in [-0.3, -0.25) is 0 Å². The van der Waals surface area contributed by atoms with E-state index in [1.807, 2.05) is 13.8 Å². The van der Waals surface area contributed by atoms with E-state index in [0.29, 0.717) is 10.6 Å². The van der Waals surface area contributed by atoms with E-state index in [1.165, 1.54) is 13.8 Å². The Balaban J connectivity index is 3.20. The van der Waals surface area contributed by atoms with E-state index in [-0.39, 0.29) is 6.61 Å². The van der Waals surface area contributed by atoms with E-state index in [9.17, 15) is 9.50 Å². The average Bonchev–Trinajstić information content (AvgIpc) is 2.16. The molecule has 0 aliphatic heterocycles. The van der Waals surface area contributed by atoms with Crippen molar-refractivity contribution in [1.29, 1.82) is 0 Å². The van der Waals surface area contributed by atoms with Crippen LogP contribution in [-0.2, 0) is 11.1 Å². The van der Waals surface area contributed by atoms with E-state index in [2.05, 4.69) is 0 Å². The van der Waals surface area contributed by atoms with Crippen LogP contribution in [0.4, 0.5) is 4.39 Å². The van der Waals surface area contributed by atoms with Crippen LogP contribution < -0.4 is 0 Å². The van der Waals surface area contributed by atoms with E-state index in [0.717, 1.165) is 5.56 Å². The van der Waals surface area contributed by atoms with Gasteiger partial charge in [-0.2, -0.15) is 0 Å². The maximum atomic E-state index is 13.7. The molecule has 0 aliphatic carbocycles. The quantitative estimate of drug-likeness (QED) is 0.857. The maximum absolute atomic E-state index is 13.7. The third-order valence-corrected chi connectivity index (χ3v) is 3.09. The molecule has 0 spiro atoms. The van der Waals surface area contributed by atoms with Crippen LogP contribution in [0.2, 0.25) is 5.02 Å². The van der Waals surface area contributed by atoms with Crippen LogP contribution in [0.3, 0.4) is 0 Å². The summed E-state index contributed by atoms with van der Waals surface area (Å²) in [6.45, 7) is 6.79. The molecule has 0 fully saturated rings. The van der Waals surface area contributed by atoms with E-state index < -0.39 is 11.1 Å². The first-order valence-electron chi connectivity index (χ1n) is 5.29. The highest BCUT2D eigenvalue weighted by atomic mass is 35.5. The second kappa shape index (κ2) is 4.34. The number of aliphatic hydroxyl groups is 1. The van der Waals surface area contributed by atoms with Crippen molar-refractivity contribution >= 4 is 11.6 Å². The van der Waals surface area contributed by atoms with Gasteiger partial charge in [0.05, 0.1) is 6.61 Å².